The molecule has 7 nitrogen and oxygen atoms in total. The van der Waals surface area contributed by atoms with Crippen LogP contribution in [0, 0.1) is 0 Å². The summed E-state index contributed by atoms with van der Waals surface area (Å²) >= 11 is 6.55. The van der Waals surface area contributed by atoms with Crippen molar-refractivity contribution in [1.82, 2.24) is 9.55 Å². The zero-order valence-electron chi connectivity index (χ0n) is 17.2. The highest BCUT2D eigenvalue weighted by molar-refractivity contribution is 6.31. The quantitative estimate of drug-likeness (QED) is 0.332. The first-order valence-electron chi connectivity index (χ1n) is 9.96. The van der Waals surface area contributed by atoms with Gasteiger partial charge >= 0.3 is 11.9 Å². The van der Waals surface area contributed by atoms with Crippen molar-refractivity contribution in [1.29, 1.82) is 0 Å². The molecule has 2 atom stereocenters. The number of rotatable bonds is 4. The van der Waals surface area contributed by atoms with Gasteiger partial charge in [-0.3, -0.25) is 0 Å². The van der Waals surface area contributed by atoms with Crippen LogP contribution in [0.1, 0.15) is 17.4 Å². The van der Waals surface area contributed by atoms with Gasteiger partial charge in [-0.05, 0) is 22.8 Å². The Morgan fingerprint density at radius 3 is 2.06 bits per heavy atom. The van der Waals surface area contributed by atoms with E-state index in [1.807, 2.05) is 53.2 Å². The Morgan fingerprint density at radius 1 is 0.879 bits per heavy atom. The molecule has 2 N–H and O–H groups in total. The van der Waals surface area contributed by atoms with E-state index < -0.39 is 17.5 Å². The molecule has 2 unspecified atom stereocenters. The molecule has 1 saturated heterocycles. The van der Waals surface area contributed by atoms with Crippen LogP contribution in [-0.4, -0.2) is 31.7 Å². The number of aliphatic carboxylic acids is 2. The average Bonchev–Trinajstić information content (AvgIpc) is 3.34. The molecule has 1 aromatic heterocycles. The monoisotopic (exact) mass is 462 g/mol. The number of imidazole rings is 1. The zero-order chi connectivity index (χ0) is 23.4. The molecule has 1 aliphatic rings. The number of carbonyl (C=O) groups is 2. The van der Waals surface area contributed by atoms with Gasteiger partial charge in [0.2, 0.25) is 0 Å². The number of carboxylic acid groups (broad SMARTS) is 2. The Bertz CT molecular complexity index is 1250. The molecule has 3 aromatic carbocycles. The molecule has 0 radical (unpaired) electrons. The lowest BCUT2D eigenvalue weighted by Crippen LogP contribution is -2.15. The number of hydrogen-bond acceptors (Lipinski definition) is 4. The van der Waals surface area contributed by atoms with Crippen LogP contribution in [0.5, 0.6) is 0 Å². The first-order valence-corrected chi connectivity index (χ1v) is 10.3. The van der Waals surface area contributed by atoms with Gasteiger partial charge in [0.25, 0.3) is 0 Å². The van der Waals surface area contributed by atoms with E-state index in [-0.39, 0.29) is 6.23 Å². The maximum atomic E-state index is 9.10. The Labute approximate surface area is 194 Å². The number of hydrogen-bond donors (Lipinski definition) is 2. The molecule has 5 rings (SSSR count). The summed E-state index contributed by atoms with van der Waals surface area (Å²) in [6.45, 7) is 0. The maximum Gasteiger partial charge on any atom is 0.414 e. The summed E-state index contributed by atoms with van der Waals surface area (Å²) in [7, 11) is 0. The van der Waals surface area contributed by atoms with Crippen LogP contribution in [0.3, 0.4) is 0 Å². The third kappa shape index (κ3) is 4.50. The van der Waals surface area contributed by atoms with Crippen molar-refractivity contribution in [2.45, 2.75) is 11.8 Å². The fraction of sp³-hybridized carbons (Fsp3) is 0.0800. The summed E-state index contributed by atoms with van der Waals surface area (Å²) in [4.78, 5) is 22.4. The molecule has 2 heterocycles. The van der Waals surface area contributed by atoms with E-state index in [1.54, 1.807) is 12.5 Å². The van der Waals surface area contributed by atoms with Crippen LogP contribution in [-0.2, 0) is 19.9 Å². The highest BCUT2D eigenvalue weighted by atomic mass is 35.5. The first kappa shape index (κ1) is 22.3. The third-order valence-electron chi connectivity index (χ3n) is 5.26. The van der Waals surface area contributed by atoms with E-state index in [9.17, 15) is 0 Å². The fourth-order valence-corrected chi connectivity index (χ4v) is 3.96. The molecule has 8 heteroatoms. The molecule has 0 saturated carbocycles. The van der Waals surface area contributed by atoms with Gasteiger partial charge in [0.15, 0.2) is 11.8 Å². The molecule has 0 amide bonds. The fourth-order valence-electron chi connectivity index (χ4n) is 3.69. The predicted octanol–water partition coefficient (Wildman–Crippen LogP) is 4.83. The van der Waals surface area contributed by atoms with Crippen molar-refractivity contribution in [2.75, 3.05) is 0 Å². The number of nitrogens with zero attached hydrogens (tertiary/aromatic N) is 2. The second-order valence-corrected chi connectivity index (χ2v) is 7.66. The molecule has 4 aromatic rings. The van der Waals surface area contributed by atoms with Crippen LogP contribution in [0.4, 0.5) is 0 Å². The largest absolute Gasteiger partial charge is 0.473 e. The lowest BCUT2D eigenvalue weighted by molar-refractivity contribution is -0.159. The second kappa shape index (κ2) is 9.28. The molecule has 1 fully saturated rings. The van der Waals surface area contributed by atoms with Crippen LogP contribution < -0.4 is 0 Å². The molecule has 0 spiro atoms. The minimum Gasteiger partial charge on any atom is -0.473 e. The van der Waals surface area contributed by atoms with Gasteiger partial charge in [0, 0.05) is 23.0 Å². The normalized spacial score (nSPS) is 18.6. The van der Waals surface area contributed by atoms with Gasteiger partial charge in [-0.25, -0.2) is 14.6 Å². The van der Waals surface area contributed by atoms with E-state index in [4.69, 9.17) is 36.1 Å². The molecule has 0 aliphatic carbocycles. The number of aromatic nitrogens is 2. The van der Waals surface area contributed by atoms with Gasteiger partial charge in [-0.1, -0.05) is 84.4 Å². The highest BCUT2D eigenvalue weighted by Gasteiger charge is 2.61. The molecule has 33 heavy (non-hydrogen) atoms. The minimum absolute atomic E-state index is 0.164. The van der Waals surface area contributed by atoms with Crippen LogP contribution >= 0.6 is 11.6 Å². The van der Waals surface area contributed by atoms with Gasteiger partial charge in [-0.15, -0.1) is 0 Å². The number of halogens is 1. The van der Waals surface area contributed by atoms with E-state index in [2.05, 4.69) is 41.4 Å². The lowest BCUT2D eigenvalue weighted by atomic mass is 9.89. The maximum absolute atomic E-state index is 9.10. The van der Waals surface area contributed by atoms with Gasteiger partial charge in [0.1, 0.15) is 0 Å². The molecular weight excluding hydrogens is 444 g/mol. The van der Waals surface area contributed by atoms with Crippen LogP contribution in [0.25, 0.3) is 11.1 Å². The average molecular weight is 463 g/mol. The minimum atomic E-state index is -1.82. The number of ether oxygens (including phenoxy) is 1. The van der Waals surface area contributed by atoms with Gasteiger partial charge in [-0.2, -0.15) is 0 Å². The number of epoxide rings is 1. The zero-order valence-corrected chi connectivity index (χ0v) is 18.0. The van der Waals surface area contributed by atoms with Crippen molar-refractivity contribution in [3.05, 3.63) is 114 Å². The van der Waals surface area contributed by atoms with Crippen molar-refractivity contribution < 1.29 is 24.5 Å². The molecule has 1 aliphatic heterocycles. The van der Waals surface area contributed by atoms with Gasteiger partial charge in [0.05, 0.1) is 6.33 Å². The molecule has 166 valence electrons. The standard InChI is InChI=1S/C23H17ClN2O.C2H2O4/c24-21-9-5-4-8-20(21)23(22(27-23)26-15-14-25-16-26)19-12-10-18(11-13-19)17-6-2-1-3-7-17;3-1(4)2(5)6/h1-16,22H;(H,3,4)(H,5,6). The van der Waals surface area contributed by atoms with Crippen LogP contribution in [0.15, 0.2) is 97.6 Å². The first-order chi connectivity index (χ1) is 15.9. The van der Waals surface area contributed by atoms with Crippen molar-refractivity contribution in [2.24, 2.45) is 0 Å². The van der Waals surface area contributed by atoms with Crippen molar-refractivity contribution >= 4 is 23.5 Å². The summed E-state index contributed by atoms with van der Waals surface area (Å²) < 4.78 is 8.27. The lowest BCUT2D eigenvalue weighted by Gasteiger charge is -2.16. The Morgan fingerprint density at radius 2 is 1.48 bits per heavy atom. The molecule has 0 bridgehead atoms. The van der Waals surface area contributed by atoms with Crippen LogP contribution in [0.2, 0.25) is 5.02 Å². The van der Waals surface area contributed by atoms with Crippen molar-refractivity contribution in [3.8, 4) is 11.1 Å². The van der Waals surface area contributed by atoms with E-state index in [1.165, 1.54) is 11.1 Å². The number of carboxylic acids is 2. The second-order valence-electron chi connectivity index (χ2n) is 7.25. The summed E-state index contributed by atoms with van der Waals surface area (Å²) in [5.74, 6) is -3.65. The summed E-state index contributed by atoms with van der Waals surface area (Å²) in [6, 6.07) is 26.7. The van der Waals surface area contributed by atoms with E-state index >= 15 is 0 Å². The van der Waals surface area contributed by atoms with Crippen molar-refractivity contribution in [3.63, 3.8) is 0 Å². The summed E-state index contributed by atoms with van der Waals surface area (Å²) in [5.41, 5.74) is 3.81. The summed E-state index contributed by atoms with van der Waals surface area (Å²) in [6.07, 6.45) is 5.29. The Kier molecular flexibility index (Phi) is 6.26. The topological polar surface area (TPSA) is 105 Å². The van der Waals surface area contributed by atoms with E-state index in [0.29, 0.717) is 5.02 Å². The third-order valence-corrected chi connectivity index (χ3v) is 5.59. The predicted molar refractivity (Wildman–Crippen MR) is 122 cm³/mol. The SMILES string of the molecule is Clc1ccccc1C1(c2ccc(-c3ccccc3)cc2)OC1n1ccnc1.O=C(O)C(=O)O. The highest BCUT2D eigenvalue weighted by Crippen LogP contribution is 2.59. The Balaban J connectivity index is 0.000000385. The summed E-state index contributed by atoms with van der Waals surface area (Å²) in [5, 5.41) is 15.5. The molecular formula is C25H19ClN2O5. The smallest absolute Gasteiger partial charge is 0.414 e. The number of benzene rings is 3. The Hall–Kier alpha value is -3.94. The van der Waals surface area contributed by atoms with Gasteiger partial charge < -0.3 is 19.5 Å². The van der Waals surface area contributed by atoms with E-state index in [0.717, 1.165) is 11.1 Å².